The Labute approximate surface area is 138 Å². The Kier molecular flexibility index (Phi) is 5.22. The predicted octanol–water partition coefficient (Wildman–Crippen LogP) is 3.21. The molecule has 2 aliphatic rings. The Morgan fingerprint density at radius 2 is 2.29 bits per heavy atom. The number of thioether (sulfide) groups is 1. The van der Waals surface area contributed by atoms with Gasteiger partial charge in [0.1, 0.15) is 5.03 Å². The maximum Gasteiger partial charge on any atom is 0.169 e. The largest absolute Gasteiger partial charge is 0.347 e. The second-order valence-corrected chi connectivity index (χ2v) is 7.54. The maximum absolute atomic E-state index is 5.91. The van der Waals surface area contributed by atoms with Crippen molar-refractivity contribution in [1.82, 2.24) is 10.3 Å². The molecule has 2 unspecified atom stereocenters. The van der Waals surface area contributed by atoms with E-state index in [4.69, 9.17) is 9.47 Å². The molecule has 0 bridgehead atoms. The van der Waals surface area contributed by atoms with Gasteiger partial charge in [0, 0.05) is 34.8 Å². The van der Waals surface area contributed by atoms with Crippen LogP contribution in [0.3, 0.4) is 0 Å². The molecule has 1 N–H and O–H groups in total. The molecule has 116 valence electrons. The minimum atomic E-state index is -0.356. The zero-order valence-corrected chi connectivity index (χ0v) is 14.6. The number of hydrogen-bond donors (Lipinski definition) is 1. The van der Waals surface area contributed by atoms with Crippen molar-refractivity contribution < 1.29 is 9.47 Å². The van der Waals surface area contributed by atoms with Crippen molar-refractivity contribution in [2.24, 2.45) is 0 Å². The van der Waals surface area contributed by atoms with Crippen molar-refractivity contribution in [2.75, 3.05) is 19.8 Å². The van der Waals surface area contributed by atoms with Crippen LogP contribution >= 0.6 is 27.7 Å². The number of pyridine rings is 1. The molecule has 6 heteroatoms. The fourth-order valence-corrected chi connectivity index (χ4v) is 4.95. The normalized spacial score (nSPS) is 28.1. The van der Waals surface area contributed by atoms with E-state index < -0.39 is 0 Å². The van der Waals surface area contributed by atoms with E-state index in [-0.39, 0.29) is 5.79 Å². The zero-order chi connectivity index (χ0) is 14.7. The number of hydrogen-bond acceptors (Lipinski definition) is 5. The van der Waals surface area contributed by atoms with Crippen LogP contribution in [0.1, 0.15) is 26.2 Å². The predicted molar refractivity (Wildman–Crippen MR) is 87.5 cm³/mol. The lowest BCUT2D eigenvalue weighted by Crippen LogP contribution is -2.49. The summed E-state index contributed by atoms with van der Waals surface area (Å²) >= 11 is 5.41. The molecule has 0 amide bonds. The molecular formula is C15H21BrN2O2S. The molecule has 21 heavy (non-hydrogen) atoms. The lowest BCUT2D eigenvalue weighted by Gasteiger charge is -2.41. The van der Waals surface area contributed by atoms with Gasteiger partial charge in [0.25, 0.3) is 0 Å². The summed E-state index contributed by atoms with van der Waals surface area (Å²) in [7, 11) is 0. The summed E-state index contributed by atoms with van der Waals surface area (Å²) in [6.07, 6.45) is 4.82. The van der Waals surface area contributed by atoms with Gasteiger partial charge in [0.05, 0.1) is 13.2 Å². The summed E-state index contributed by atoms with van der Waals surface area (Å²) in [5.41, 5.74) is 0. The number of rotatable bonds is 4. The van der Waals surface area contributed by atoms with Crippen LogP contribution in [0.25, 0.3) is 0 Å². The Morgan fingerprint density at radius 3 is 3.00 bits per heavy atom. The standard InChI is InChI=1S/C15H21BrN2O2S/c1-2-17-12-5-6-15(19-8-9-20-15)10-13(12)21-14-11(16)4-3-7-18-14/h3-4,7,12-13,17H,2,5-6,8-10H2,1H3. The van der Waals surface area contributed by atoms with E-state index in [1.807, 2.05) is 30.1 Å². The highest BCUT2D eigenvalue weighted by molar-refractivity contribution is 9.10. The van der Waals surface area contributed by atoms with Gasteiger partial charge in [-0.2, -0.15) is 0 Å². The Bertz CT molecular complexity index is 482. The first kappa shape index (κ1) is 15.7. The lowest BCUT2D eigenvalue weighted by molar-refractivity contribution is -0.178. The summed E-state index contributed by atoms with van der Waals surface area (Å²) in [6.45, 7) is 4.58. The summed E-state index contributed by atoms with van der Waals surface area (Å²) in [6, 6.07) is 4.47. The van der Waals surface area contributed by atoms with Gasteiger partial charge in [0.2, 0.25) is 0 Å². The molecule has 0 radical (unpaired) electrons. The van der Waals surface area contributed by atoms with Crippen LogP contribution in [-0.2, 0) is 9.47 Å². The van der Waals surface area contributed by atoms with Gasteiger partial charge in [-0.1, -0.05) is 6.92 Å². The number of nitrogens with one attached hydrogen (secondary N) is 1. The number of halogens is 1. The zero-order valence-electron chi connectivity index (χ0n) is 12.2. The highest BCUT2D eigenvalue weighted by Crippen LogP contribution is 2.43. The van der Waals surface area contributed by atoms with E-state index >= 15 is 0 Å². The molecule has 1 aromatic heterocycles. The van der Waals surface area contributed by atoms with Crippen LogP contribution in [0.5, 0.6) is 0 Å². The lowest BCUT2D eigenvalue weighted by atomic mass is 9.89. The quantitative estimate of drug-likeness (QED) is 0.878. The molecule has 1 aliphatic carbocycles. The van der Waals surface area contributed by atoms with E-state index in [9.17, 15) is 0 Å². The Morgan fingerprint density at radius 1 is 1.48 bits per heavy atom. The van der Waals surface area contributed by atoms with Crippen LogP contribution < -0.4 is 5.32 Å². The highest BCUT2D eigenvalue weighted by Gasteiger charge is 2.45. The van der Waals surface area contributed by atoms with Crippen LogP contribution in [0.15, 0.2) is 27.8 Å². The second kappa shape index (κ2) is 6.96. The SMILES string of the molecule is CCNC1CCC2(CC1Sc1ncccc1Br)OCCO2. The molecule has 1 aromatic rings. The molecule has 2 fully saturated rings. The third-order valence-corrected chi connectivity index (χ3v) is 6.31. The third kappa shape index (κ3) is 3.62. The van der Waals surface area contributed by atoms with Crippen molar-refractivity contribution >= 4 is 27.7 Å². The third-order valence-electron chi connectivity index (χ3n) is 4.06. The number of ether oxygens (including phenoxy) is 2. The van der Waals surface area contributed by atoms with Crippen LogP contribution in [0, 0.1) is 0 Å². The molecular weight excluding hydrogens is 352 g/mol. The van der Waals surface area contributed by atoms with E-state index in [0.29, 0.717) is 11.3 Å². The first-order chi connectivity index (χ1) is 10.2. The van der Waals surface area contributed by atoms with Crippen LogP contribution in [0.4, 0.5) is 0 Å². The molecule has 1 aliphatic heterocycles. The number of aromatic nitrogens is 1. The van der Waals surface area contributed by atoms with Crippen molar-refractivity contribution in [3.63, 3.8) is 0 Å². The monoisotopic (exact) mass is 372 g/mol. The van der Waals surface area contributed by atoms with Gasteiger partial charge in [0.15, 0.2) is 5.79 Å². The topological polar surface area (TPSA) is 43.4 Å². The molecule has 2 heterocycles. The average Bonchev–Trinajstić information content (AvgIpc) is 2.93. The smallest absolute Gasteiger partial charge is 0.169 e. The molecule has 1 spiro atoms. The maximum atomic E-state index is 5.91. The van der Waals surface area contributed by atoms with E-state index in [1.165, 1.54) is 0 Å². The Hall–Kier alpha value is -0.140. The highest BCUT2D eigenvalue weighted by atomic mass is 79.9. The fourth-order valence-electron chi connectivity index (χ4n) is 3.09. The molecule has 1 saturated carbocycles. The van der Waals surface area contributed by atoms with Gasteiger partial charge in [-0.25, -0.2) is 4.98 Å². The Balaban J connectivity index is 1.75. The van der Waals surface area contributed by atoms with Gasteiger partial charge in [-0.05, 0) is 41.0 Å². The molecule has 0 aromatic carbocycles. The molecule has 4 nitrogen and oxygen atoms in total. The molecule has 3 rings (SSSR count). The summed E-state index contributed by atoms with van der Waals surface area (Å²) in [5.74, 6) is -0.356. The first-order valence-corrected chi connectivity index (χ1v) is 9.18. The first-order valence-electron chi connectivity index (χ1n) is 7.51. The van der Waals surface area contributed by atoms with E-state index in [1.54, 1.807) is 0 Å². The van der Waals surface area contributed by atoms with E-state index in [2.05, 4.69) is 33.2 Å². The summed E-state index contributed by atoms with van der Waals surface area (Å²) in [4.78, 5) is 4.49. The van der Waals surface area contributed by atoms with E-state index in [0.717, 1.165) is 48.5 Å². The van der Waals surface area contributed by atoms with Gasteiger partial charge >= 0.3 is 0 Å². The molecule has 1 saturated heterocycles. The second-order valence-electron chi connectivity index (χ2n) is 5.46. The van der Waals surface area contributed by atoms with Gasteiger partial charge in [-0.3, -0.25) is 0 Å². The minimum Gasteiger partial charge on any atom is -0.347 e. The summed E-state index contributed by atoms with van der Waals surface area (Å²) in [5, 5.41) is 5.05. The molecule has 2 atom stereocenters. The van der Waals surface area contributed by atoms with Crippen molar-refractivity contribution in [2.45, 2.75) is 48.3 Å². The van der Waals surface area contributed by atoms with Crippen molar-refractivity contribution in [3.8, 4) is 0 Å². The van der Waals surface area contributed by atoms with Crippen LogP contribution in [-0.4, -0.2) is 41.8 Å². The van der Waals surface area contributed by atoms with Crippen molar-refractivity contribution in [3.05, 3.63) is 22.8 Å². The van der Waals surface area contributed by atoms with Crippen molar-refractivity contribution in [1.29, 1.82) is 0 Å². The van der Waals surface area contributed by atoms with Gasteiger partial charge in [-0.15, -0.1) is 11.8 Å². The summed E-state index contributed by atoms with van der Waals surface area (Å²) < 4.78 is 12.9. The van der Waals surface area contributed by atoms with Gasteiger partial charge < -0.3 is 14.8 Å². The number of nitrogens with zero attached hydrogens (tertiary/aromatic N) is 1. The van der Waals surface area contributed by atoms with Crippen LogP contribution in [0.2, 0.25) is 0 Å². The fraction of sp³-hybridized carbons (Fsp3) is 0.667. The minimum absolute atomic E-state index is 0.356. The average molecular weight is 373 g/mol.